The zero-order valence-corrected chi connectivity index (χ0v) is 13.2. The highest BCUT2D eigenvalue weighted by atomic mass is 35.5. The molecule has 0 aliphatic heterocycles. The normalized spacial score (nSPS) is 10.3. The highest BCUT2D eigenvalue weighted by Gasteiger charge is 2.14. The number of rotatable bonds is 5. The van der Waals surface area contributed by atoms with E-state index in [4.69, 9.17) is 23.2 Å². The molecule has 0 aliphatic rings. The first kappa shape index (κ1) is 16.3. The fraction of sp³-hybridized carbons (Fsp3) is 0.231. The van der Waals surface area contributed by atoms with Gasteiger partial charge in [-0.25, -0.2) is 9.67 Å². The molecule has 0 saturated carbocycles. The van der Waals surface area contributed by atoms with Gasteiger partial charge in [0.15, 0.2) is 0 Å². The lowest BCUT2D eigenvalue weighted by molar-refractivity contribution is -0.134. The second-order valence-electron chi connectivity index (χ2n) is 4.52. The van der Waals surface area contributed by atoms with Gasteiger partial charge in [0, 0.05) is 12.7 Å². The molecule has 0 spiro atoms. The van der Waals surface area contributed by atoms with Gasteiger partial charge in [-0.2, -0.15) is 5.10 Å². The van der Waals surface area contributed by atoms with Crippen LogP contribution in [0.2, 0.25) is 10.0 Å². The van der Waals surface area contributed by atoms with Gasteiger partial charge in [0.25, 0.3) is 0 Å². The summed E-state index contributed by atoms with van der Waals surface area (Å²) >= 11 is 11.7. The number of nitrogens with zero attached hydrogens (tertiary/aromatic N) is 4. The van der Waals surface area contributed by atoms with Crippen LogP contribution in [0.5, 0.6) is 0 Å². The van der Waals surface area contributed by atoms with E-state index in [1.165, 1.54) is 29.3 Å². The van der Waals surface area contributed by atoms with Crippen molar-refractivity contribution in [2.45, 2.75) is 6.54 Å². The summed E-state index contributed by atoms with van der Waals surface area (Å²) in [6.45, 7) is -0.0651. The first-order valence-electron chi connectivity index (χ1n) is 6.27. The molecule has 1 heterocycles. The Labute approximate surface area is 136 Å². The molecule has 22 heavy (non-hydrogen) atoms. The average molecular weight is 342 g/mol. The zero-order valence-electron chi connectivity index (χ0n) is 11.7. The lowest BCUT2D eigenvalue weighted by Crippen LogP contribution is -2.37. The monoisotopic (exact) mass is 341 g/mol. The molecular weight excluding hydrogens is 329 g/mol. The molecule has 0 saturated heterocycles. The maximum absolute atomic E-state index is 11.9. The summed E-state index contributed by atoms with van der Waals surface area (Å²) in [4.78, 5) is 28.9. The summed E-state index contributed by atoms with van der Waals surface area (Å²) in [7, 11) is 1.54. The summed E-state index contributed by atoms with van der Waals surface area (Å²) in [5, 5.41) is 7.22. The third-order valence-electron chi connectivity index (χ3n) is 2.77. The highest BCUT2D eigenvalue weighted by Crippen LogP contribution is 2.24. The van der Waals surface area contributed by atoms with Crippen LogP contribution in [-0.4, -0.2) is 45.1 Å². The van der Waals surface area contributed by atoms with Crippen LogP contribution >= 0.6 is 23.2 Å². The number of aromatic nitrogens is 3. The Morgan fingerprint density at radius 3 is 2.73 bits per heavy atom. The first-order valence-corrected chi connectivity index (χ1v) is 7.02. The van der Waals surface area contributed by atoms with Crippen molar-refractivity contribution in [3.8, 4) is 0 Å². The number of halogens is 2. The molecule has 0 atom stereocenters. The van der Waals surface area contributed by atoms with Crippen LogP contribution in [0.15, 0.2) is 30.9 Å². The second kappa shape index (κ2) is 7.24. The van der Waals surface area contributed by atoms with Gasteiger partial charge in [0.1, 0.15) is 19.2 Å². The highest BCUT2D eigenvalue weighted by molar-refractivity contribution is 6.42. The lowest BCUT2D eigenvalue weighted by atomic mass is 10.3. The molecule has 2 amide bonds. The zero-order chi connectivity index (χ0) is 16.1. The summed E-state index contributed by atoms with van der Waals surface area (Å²) in [5.74, 6) is -0.595. The number of nitrogens with one attached hydrogen (secondary N) is 1. The van der Waals surface area contributed by atoms with E-state index in [-0.39, 0.29) is 24.9 Å². The molecule has 116 valence electrons. The summed E-state index contributed by atoms with van der Waals surface area (Å²) in [5.41, 5.74) is 0.511. The van der Waals surface area contributed by atoms with Crippen LogP contribution in [0, 0.1) is 0 Å². The predicted molar refractivity (Wildman–Crippen MR) is 82.8 cm³/mol. The molecule has 0 bridgehead atoms. The minimum atomic E-state index is -0.340. The number of carbonyl (C=O) groups is 2. The SMILES string of the molecule is CN(CC(=O)Nc1ccc(Cl)c(Cl)c1)C(=O)Cn1cncn1. The molecule has 2 aromatic rings. The van der Waals surface area contributed by atoms with Crippen molar-refractivity contribution >= 4 is 40.7 Å². The molecule has 0 fully saturated rings. The number of benzene rings is 1. The molecule has 7 nitrogen and oxygen atoms in total. The van der Waals surface area contributed by atoms with Crippen LogP contribution in [0.1, 0.15) is 0 Å². The van der Waals surface area contributed by atoms with E-state index in [0.717, 1.165) is 0 Å². The lowest BCUT2D eigenvalue weighted by Gasteiger charge is -2.16. The smallest absolute Gasteiger partial charge is 0.244 e. The van der Waals surface area contributed by atoms with E-state index in [0.29, 0.717) is 15.7 Å². The fourth-order valence-corrected chi connectivity index (χ4v) is 1.95. The molecule has 2 rings (SSSR count). The Balaban J connectivity index is 1.87. The topological polar surface area (TPSA) is 80.1 Å². The van der Waals surface area contributed by atoms with Gasteiger partial charge < -0.3 is 10.2 Å². The molecule has 0 radical (unpaired) electrons. The van der Waals surface area contributed by atoms with Gasteiger partial charge in [-0.3, -0.25) is 9.59 Å². The average Bonchev–Trinajstić information content (AvgIpc) is 2.95. The third kappa shape index (κ3) is 4.44. The Morgan fingerprint density at radius 1 is 1.32 bits per heavy atom. The van der Waals surface area contributed by atoms with Crippen molar-refractivity contribution in [3.05, 3.63) is 40.9 Å². The van der Waals surface area contributed by atoms with Crippen molar-refractivity contribution in [2.75, 3.05) is 18.9 Å². The summed E-state index contributed by atoms with van der Waals surface area (Å²) in [6.07, 6.45) is 2.77. The van der Waals surface area contributed by atoms with Crippen molar-refractivity contribution in [2.24, 2.45) is 0 Å². The largest absolute Gasteiger partial charge is 0.335 e. The minimum Gasteiger partial charge on any atom is -0.335 e. The van der Waals surface area contributed by atoms with E-state index >= 15 is 0 Å². The Bertz CT molecular complexity index is 675. The van der Waals surface area contributed by atoms with Crippen molar-refractivity contribution in [3.63, 3.8) is 0 Å². The van der Waals surface area contributed by atoms with Crippen LogP contribution in [0.25, 0.3) is 0 Å². The maximum atomic E-state index is 11.9. The molecule has 1 aromatic carbocycles. The van der Waals surface area contributed by atoms with Gasteiger partial charge in [-0.15, -0.1) is 0 Å². The number of anilines is 1. The van der Waals surface area contributed by atoms with E-state index < -0.39 is 0 Å². The number of hydrogen-bond acceptors (Lipinski definition) is 4. The number of likely N-dealkylation sites (N-methyl/N-ethyl adjacent to an activating group) is 1. The Hall–Kier alpha value is -2.12. The molecule has 1 aromatic heterocycles. The maximum Gasteiger partial charge on any atom is 0.244 e. The minimum absolute atomic E-state index is 0.0244. The molecular formula is C13H13Cl2N5O2. The predicted octanol–water partition coefficient (Wildman–Crippen LogP) is 1.68. The van der Waals surface area contributed by atoms with E-state index in [2.05, 4.69) is 15.4 Å². The molecule has 0 unspecified atom stereocenters. The Kier molecular flexibility index (Phi) is 5.35. The fourth-order valence-electron chi connectivity index (χ4n) is 1.65. The van der Waals surface area contributed by atoms with Gasteiger partial charge in [0.05, 0.1) is 16.6 Å². The van der Waals surface area contributed by atoms with Crippen LogP contribution < -0.4 is 5.32 Å². The van der Waals surface area contributed by atoms with E-state index in [9.17, 15) is 9.59 Å². The van der Waals surface area contributed by atoms with Crippen molar-refractivity contribution in [1.82, 2.24) is 19.7 Å². The summed E-state index contributed by atoms with van der Waals surface area (Å²) < 4.78 is 1.38. The standard InChI is InChI=1S/C13H13Cl2N5O2/c1-19(13(22)6-20-8-16-7-17-20)5-12(21)18-9-2-3-10(14)11(15)4-9/h2-4,7-8H,5-6H2,1H3,(H,18,21). The van der Waals surface area contributed by atoms with E-state index in [1.54, 1.807) is 18.2 Å². The van der Waals surface area contributed by atoms with Crippen LogP contribution in [-0.2, 0) is 16.1 Å². The molecule has 9 heteroatoms. The van der Waals surface area contributed by atoms with Gasteiger partial charge in [0.2, 0.25) is 11.8 Å². The first-order chi connectivity index (χ1) is 10.5. The molecule has 0 aliphatic carbocycles. The van der Waals surface area contributed by atoms with Crippen molar-refractivity contribution < 1.29 is 9.59 Å². The molecule has 1 N–H and O–H groups in total. The van der Waals surface area contributed by atoms with Gasteiger partial charge in [-0.05, 0) is 18.2 Å². The number of carbonyl (C=O) groups excluding carboxylic acids is 2. The van der Waals surface area contributed by atoms with E-state index in [1.807, 2.05) is 0 Å². The van der Waals surface area contributed by atoms with Crippen LogP contribution in [0.4, 0.5) is 5.69 Å². The van der Waals surface area contributed by atoms with Crippen LogP contribution in [0.3, 0.4) is 0 Å². The number of amides is 2. The van der Waals surface area contributed by atoms with Crippen molar-refractivity contribution in [1.29, 1.82) is 0 Å². The Morgan fingerprint density at radius 2 is 2.09 bits per heavy atom. The number of hydrogen-bond donors (Lipinski definition) is 1. The second-order valence-corrected chi connectivity index (χ2v) is 5.33. The third-order valence-corrected chi connectivity index (χ3v) is 3.51. The van der Waals surface area contributed by atoms with Gasteiger partial charge in [-0.1, -0.05) is 23.2 Å². The van der Waals surface area contributed by atoms with Gasteiger partial charge >= 0.3 is 0 Å². The quantitative estimate of drug-likeness (QED) is 0.897. The summed E-state index contributed by atoms with van der Waals surface area (Å²) in [6, 6.07) is 4.75.